The van der Waals surface area contributed by atoms with E-state index in [0.29, 0.717) is 30.2 Å². The van der Waals surface area contributed by atoms with Crippen LogP contribution in [-0.2, 0) is 0 Å². The van der Waals surface area contributed by atoms with Crippen LogP contribution in [0.25, 0.3) is 10.9 Å². The van der Waals surface area contributed by atoms with Gasteiger partial charge in [-0.25, -0.2) is 0 Å². The first kappa shape index (κ1) is 19.7. The number of nitrogens with zero attached hydrogens (tertiary/aromatic N) is 1. The number of aromatic nitrogens is 1. The number of anilines is 1. The zero-order valence-electron chi connectivity index (χ0n) is 16.4. The smallest absolute Gasteiger partial charge is 0.255 e. The minimum atomic E-state index is -0.174. The lowest BCUT2D eigenvalue weighted by Gasteiger charge is -2.12. The number of carbonyl (C=O) groups is 1. The molecule has 1 heterocycles. The van der Waals surface area contributed by atoms with E-state index in [-0.39, 0.29) is 5.91 Å². The van der Waals surface area contributed by atoms with Crippen molar-refractivity contribution in [2.24, 2.45) is 0 Å². The number of unbranched alkanes of at least 4 members (excludes halogenated alkanes) is 2. The van der Waals surface area contributed by atoms with Crippen molar-refractivity contribution >= 4 is 22.5 Å². The standard InChI is InChI=1S/C23H26N2O3/c1-3-5-6-16-28-18-11-9-17(10-12-18)23(26)25-20-13-14-21(27-4-2)22-19(20)8-7-15-24-22/h7-15H,3-6,16H2,1-2H3,(H,25,26). The monoisotopic (exact) mass is 378 g/mol. The largest absolute Gasteiger partial charge is 0.494 e. The molecule has 0 spiro atoms. The van der Waals surface area contributed by atoms with Crippen LogP contribution in [0.4, 0.5) is 5.69 Å². The first-order valence-corrected chi connectivity index (χ1v) is 9.77. The van der Waals surface area contributed by atoms with Crippen molar-refractivity contribution in [2.75, 3.05) is 18.5 Å². The Labute approximate surface area is 165 Å². The number of pyridine rings is 1. The van der Waals surface area contributed by atoms with Crippen LogP contribution < -0.4 is 14.8 Å². The molecule has 146 valence electrons. The van der Waals surface area contributed by atoms with Gasteiger partial charge >= 0.3 is 0 Å². The molecule has 0 aliphatic heterocycles. The molecular formula is C23H26N2O3. The van der Waals surface area contributed by atoms with E-state index in [0.717, 1.165) is 35.9 Å². The van der Waals surface area contributed by atoms with Crippen molar-refractivity contribution in [2.45, 2.75) is 33.1 Å². The van der Waals surface area contributed by atoms with Gasteiger partial charge in [-0.3, -0.25) is 9.78 Å². The molecule has 0 fully saturated rings. The Bertz CT molecular complexity index is 923. The summed E-state index contributed by atoms with van der Waals surface area (Å²) in [5, 5.41) is 3.82. The van der Waals surface area contributed by atoms with Gasteiger partial charge in [0.2, 0.25) is 0 Å². The van der Waals surface area contributed by atoms with Crippen LogP contribution in [0.2, 0.25) is 0 Å². The summed E-state index contributed by atoms with van der Waals surface area (Å²) in [6.45, 7) is 5.35. The topological polar surface area (TPSA) is 60.5 Å². The third-order valence-corrected chi connectivity index (χ3v) is 4.41. The van der Waals surface area contributed by atoms with E-state index in [1.807, 2.05) is 43.3 Å². The van der Waals surface area contributed by atoms with Gasteiger partial charge in [0.15, 0.2) is 0 Å². The highest BCUT2D eigenvalue weighted by Crippen LogP contribution is 2.30. The highest BCUT2D eigenvalue weighted by molar-refractivity contribution is 6.09. The lowest BCUT2D eigenvalue weighted by molar-refractivity contribution is 0.102. The first-order chi connectivity index (χ1) is 13.7. The number of rotatable bonds is 9. The maximum absolute atomic E-state index is 12.7. The van der Waals surface area contributed by atoms with E-state index in [9.17, 15) is 4.79 Å². The second-order valence-electron chi connectivity index (χ2n) is 6.48. The first-order valence-electron chi connectivity index (χ1n) is 9.77. The molecule has 0 aliphatic rings. The van der Waals surface area contributed by atoms with E-state index in [1.54, 1.807) is 18.3 Å². The minimum absolute atomic E-state index is 0.174. The third kappa shape index (κ3) is 4.80. The summed E-state index contributed by atoms with van der Waals surface area (Å²) in [5.74, 6) is 1.32. The van der Waals surface area contributed by atoms with Crippen LogP contribution in [-0.4, -0.2) is 24.1 Å². The summed E-state index contributed by atoms with van der Waals surface area (Å²) < 4.78 is 11.3. The summed E-state index contributed by atoms with van der Waals surface area (Å²) in [6.07, 6.45) is 5.08. The fourth-order valence-electron chi connectivity index (χ4n) is 2.97. The van der Waals surface area contributed by atoms with Crippen molar-refractivity contribution in [3.8, 4) is 11.5 Å². The van der Waals surface area contributed by atoms with Gasteiger partial charge in [0.1, 0.15) is 17.0 Å². The van der Waals surface area contributed by atoms with Crippen molar-refractivity contribution in [3.05, 3.63) is 60.3 Å². The maximum Gasteiger partial charge on any atom is 0.255 e. The van der Waals surface area contributed by atoms with Gasteiger partial charge in [-0.1, -0.05) is 19.8 Å². The fourth-order valence-corrected chi connectivity index (χ4v) is 2.97. The van der Waals surface area contributed by atoms with Crippen LogP contribution in [0.1, 0.15) is 43.5 Å². The summed E-state index contributed by atoms with van der Waals surface area (Å²) in [4.78, 5) is 17.1. The molecule has 5 nitrogen and oxygen atoms in total. The van der Waals surface area contributed by atoms with E-state index in [4.69, 9.17) is 9.47 Å². The number of benzene rings is 2. The van der Waals surface area contributed by atoms with Gasteiger partial charge in [0.05, 0.1) is 18.9 Å². The quantitative estimate of drug-likeness (QED) is 0.503. The molecule has 3 rings (SSSR count). The Morgan fingerprint density at radius 3 is 2.57 bits per heavy atom. The molecule has 3 aromatic rings. The molecule has 0 saturated carbocycles. The molecule has 2 aromatic carbocycles. The van der Waals surface area contributed by atoms with E-state index >= 15 is 0 Å². The maximum atomic E-state index is 12.7. The third-order valence-electron chi connectivity index (χ3n) is 4.41. The van der Waals surface area contributed by atoms with Gasteiger partial charge in [-0.05, 0) is 61.9 Å². The number of ether oxygens (including phenoxy) is 2. The summed E-state index contributed by atoms with van der Waals surface area (Å²) in [5.41, 5.74) is 2.02. The lowest BCUT2D eigenvalue weighted by atomic mass is 10.1. The SMILES string of the molecule is CCCCCOc1ccc(C(=O)Nc2ccc(OCC)c3ncccc23)cc1. The minimum Gasteiger partial charge on any atom is -0.494 e. The summed E-state index contributed by atoms with van der Waals surface area (Å²) in [7, 11) is 0. The predicted molar refractivity (Wildman–Crippen MR) is 112 cm³/mol. The van der Waals surface area contributed by atoms with Gasteiger partial charge in [-0.15, -0.1) is 0 Å². The number of hydrogen-bond donors (Lipinski definition) is 1. The number of carbonyl (C=O) groups excluding carboxylic acids is 1. The average Bonchev–Trinajstić information content (AvgIpc) is 2.73. The second kappa shape index (κ2) is 9.74. The zero-order chi connectivity index (χ0) is 19.8. The number of nitrogens with one attached hydrogen (secondary N) is 1. The van der Waals surface area contributed by atoms with Crippen LogP contribution >= 0.6 is 0 Å². The Kier molecular flexibility index (Phi) is 6.84. The Hall–Kier alpha value is -3.08. The molecule has 1 aromatic heterocycles. The van der Waals surface area contributed by atoms with Crippen molar-refractivity contribution in [1.82, 2.24) is 4.98 Å². The van der Waals surface area contributed by atoms with Crippen LogP contribution in [0, 0.1) is 0 Å². The van der Waals surface area contributed by atoms with Gasteiger partial charge in [-0.2, -0.15) is 0 Å². The number of fused-ring (bicyclic) bond motifs is 1. The number of amides is 1. The van der Waals surface area contributed by atoms with E-state index in [1.165, 1.54) is 0 Å². The van der Waals surface area contributed by atoms with Gasteiger partial charge in [0, 0.05) is 17.1 Å². The van der Waals surface area contributed by atoms with Gasteiger partial charge < -0.3 is 14.8 Å². The molecule has 1 N–H and O–H groups in total. The Morgan fingerprint density at radius 1 is 1.00 bits per heavy atom. The molecular weight excluding hydrogens is 352 g/mol. The van der Waals surface area contributed by atoms with Crippen LogP contribution in [0.15, 0.2) is 54.7 Å². The molecule has 0 atom stereocenters. The van der Waals surface area contributed by atoms with Crippen LogP contribution in [0.5, 0.6) is 11.5 Å². The molecule has 28 heavy (non-hydrogen) atoms. The van der Waals surface area contributed by atoms with Gasteiger partial charge in [0.25, 0.3) is 5.91 Å². The second-order valence-corrected chi connectivity index (χ2v) is 6.48. The van der Waals surface area contributed by atoms with Crippen molar-refractivity contribution < 1.29 is 14.3 Å². The fraction of sp³-hybridized carbons (Fsp3) is 0.304. The molecule has 0 bridgehead atoms. The molecule has 0 unspecified atom stereocenters. The lowest BCUT2D eigenvalue weighted by Crippen LogP contribution is -2.12. The predicted octanol–water partition coefficient (Wildman–Crippen LogP) is 5.45. The van der Waals surface area contributed by atoms with Crippen molar-refractivity contribution in [1.29, 1.82) is 0 Å². The van der Waals surface area contributed by atoms with E-state index < -0.39 is 0 Å². The van der Waals surface area contributed by atoms with E-state index in [2.05, 4.69) is 17.2 Å². The Balaban J connectivity index is 1.72. The molecule has 5 heteroatoms. The average molecular weight is 378 g/mol. The highest BCUT2D eigenvalue weighted by atomic mass is 16.5. The summed E-state index contributed by atoms with van der Waals surface area (Å²) in [6, 6.07) is 14.7. The summed E-state index contributed by atoms with van der Waals surface area (Å²) >= 11 is 0. The highest BCUT2D eigenvalue weighted by Gasteiger charge is 2.12. The zero-order valence-corrected chi connectivity index (χ0v) is 16.4. The molecule has 0 aliphatic carbocycles. The Morgan fingerprint density at radius 2 is 1.82 bits per heavy atom. The van der Waals surface area contributed by atoms with Crippen molar-refractivity contribution in [3.63, 3.8) is 0 Å². The van der Waals surface area contributed by atoms with Crippen LogP contribution in [0.3, 0.4) is 0 Å². The molecule has 0 radical (unpaired) electrons. The molecule has 1 amide bonds. The molecule has 0 saturated heterocycles. The normalized spacial score (nSPS) is 10.6. The number of hydrogen-bond acceptors (Lipinski definition) is 4.